The van der Waals surface area contributed by atoms with Crippen LogP contribution in [0.2, 0.25) is 0 Å². The molecule has 1 saturated carbocycles. The molecule has 16 heavy (non-hydrogen) atoms. The molecule has 1 atom stereocenters. The van der Waals surface area contributed by atoms with Gasteiger partial charge in [-0.15, -0.1) is 11.3 Å². The first kappa shape index (κ1) is 12.1. The molecule has 2 nitrogen and oxygen atoms in total. The highest BCUT2D eigenvalue weighted by Crippen LogP contribution is 2.43. The van der Waals surface area contributed by atoms with Crippen molar-refractivity contribution < 1.29 is 0 Å². The molecule has 90 valence electrons. The van der Waals surface area contributed by atoms with E-state index in [2.05, 4.69) is 36.7 Å². The van der Waals surface area contributed by atoms with Crippen LogP contribution in [0.4, 0.5) is 0 Å². The fourth-order valence-electron chi connectivity index (χ4n) is 2.76. The first-order chi connectivity index (χ1) is 7.55. The molecule has 0 aliphatic heterocycles. The number of nitrogens with one attached hydrogen (secondary N) is 1. The van der Waals surface area contributed by atoms with Crippen LogP contribution in [0.5, 0.6) is 0 Å². The van der Waals surface area contributed by atoms with Gasteiger partial charge in [-0.3, -0.25) is 0 Å². The summed E-state index contributed by atoms with van der Waals surface area (Å²) in [6.45, 7) is 6.40. The number of nitrogens with two attached hydrogens (primary N) is 1. The fraction of sp³-hybridized carbons (Fsp3) is 0.692. The highest BCUT2D eigenvalue weighted by molar-refractivity contribution is 7.09. The van der Waals surface area contributed by atoms with E-state index in [0.29, 0.717) is 5.41 Å². The zero-order chi connectivity index (χ0) is 11.6. The first-order valence-electron chi connectivity index (χ1n) is 6.03. The van der Waals surface area contributed by atoms with Crippen molar-refractivity contribution in [3.63, 3.8) is 0 Å². The smallest absolute Gasteiger partial charge is 0.0312 e. The SMILES string of the molecule is CC1(C)CCC(CN)(NCc2cccs2)C1. The Labute approximate surface area is 102 Å². The molecule has 1 aromatic heterocycles. The summed E-state index contributed by atoms with van der Waals surface area (Å²) >= 11 is 1.81. The minimum absolute atomic E-state index is 0.174. The summed E-state index contributed by atoms with van der Waals surface area (Å²) in [5, 5.41) is 5.82. The molecule has 1 aliphatic carbocycles. The molecule has 2 rings (SSSR count). The van der Waals surface area contributed by atoms with Gasteiger partial charge in [0.1, 0.15) is 0 Å². The lowest BCUT2D eigenvalue weighted by Crippen LogP contribution is -2.49. The van der Waals surface area contributed by atoms with Crippen molar-refractivity contribution in [2.24, 2.45) is 11.1 Å². The van der Waals surface area contributed by atoms with Gasteiger partial charge < -0.3 is 11.1 Å². The van der Waals surface area contributed by atoms with Crippen LogP contribution in [0.3, 0.4) is 0 Å². The molecular formula is C13H22N2S. The number of rotatable bonds is 4. The molecule has 0 saturated heterocycles. The Bertz CT molecular complexity index is 332. The second kappa shape index (κ2) is 4.47. The lowest BCUT2D eigenvalue weighted by Gasteiger charge is -2.31. The Hall–Kier alpha value is -0.380. The third-order valence-corrected chi connectivity index (χ3v) is 4.58. The Balaban J connectivity index is 1.96. The predicted molar refractivity (Wildman–Crippen MR) is 70.6 cm³/mol. The molecule has 1 fully saturated rings. The third kappa shape index (κ3) is 2.65. The van der Waals surface area contributed by atoms with Gasteiger partial charge >= 0.3 is 0 Å². The quantitative estimate of drug-likeness (QED) is 0.846. The average molecular weight is 238 g/mol. The summed E-state index contributed by atoms with van der Waals surface area (Å²) in [6.07, 6.45) is 3.69. The Morgan fingerprint density at radius 1 is 1.44 bits per heavy atom. The van der Waals surface area contributed by atoms with E-state index >= 15 is 0 Å². The topological polar surface area (TPSA) is 38.0 Å². The summed E-state index contributed by atoms with van der Waals surface area (Å²) in [5.41, 5.74) is 6.59. The van der Waals surface area contributed by atoms with Crippen LogP contribution in [0, 0.1) is 5.41 Å². The first-order valence-corrected chi connectivity index (χ1v) is 6.91. The van der Waals surface area contributed by atoms with Gasteiger partial charge in [-0.1, -0.05) is 19.9 Å². The van der Waals surface area contributed by atoms with Gasteiger partial charge in [0.15, 0.2) is 0 Å². The highest BCUT2D eigenvalue weighted by Gasteiger charge is 2.41. The Kier molecular flexibility index (Phi) is 3.38. The monoisotopic (exact) mass is 238 g/mol. The Morgan fingerprint density at radius 2 is 2.25 bits per heavy atom. The van der Waals surface area contributed by atoms with Gasteiger partial charge in [-0.05, 0) is 36.1 Å². The minimum atomic E-state index is 0.174. The zero-order valence-corrected chi connectivity index (χ0v) is 11.1. The number of hydrogen-bond acceptors (Lipinski definition) is 3. The van der Waals surface area contributed by atoms with Crippen molar-refractivity contribution >= 4 is 11.3 Å². The average Bonchev–Trinajstić information content (AvgIpc) is 2.84. The molecule has 0 spiro atoms. The number of hydrogen-bond donors (Lipinski definition) is 2. The summed E-state index contributed by atoms with van der Waals surface area (Å²) in [6, 6.07) is 4.29. The van der Waals surface area contributed by atoms with Crippen molar-refractivity contribution in [2.75, 3.05) is 6.54 Å². The molecule has 3 N–H and O–H groups in total. The van der Waals surface area contributed by atoms with Gasteiger partial charge in [0.2, 0.25) is 0 Å². The molecule has 1 aromatic rings. The zero-order valence-electron chi connectivity index (χ0n) is 10.3. The fourth-order valence-corrected chi connectivity index (χ4v) is 3.40. The normalized spacial score (nSPS) is 28.4. The molecule has 1 unspecified atom stereocenters. The lowest BCUT2D eigenvalue weighted by atomic mass is 9.87. The maximum atomic E-state index is 5.97. The largest absolute Gasteiger partial charge is 0.329 e. The van der Waals surface area contributed by atoms with E-state index in [0.717, 1.165) is 13.1 Å². The van der Waals surface area contributed by atoms with E-state index < -0.39 is 0 Å². The number of thiophene rings is 1. The van der Waals surface area contributed by atoms with Gasteiger partial charge in [-0.2, -0.15) is 0 Å². The molecule has 3 heteroatoms. The summed E-state index contributed by atoms with van der Waals surface area (Å²) in [7, 11) is 0. The van der Waals surface area contributed by atoms with Crippen LogP contribution in [0.15, 0.2) is 17.5 Å². The van der Waals surface area contributed by atoms with Crippen LogP contribution in [-0.2, 0) is 6.54 Å². The van der Waals surface area contributed by atoms with Crippen molar-refractivity contribution in [2.45, 2.75) is 45.2 Å². The summed E-state index contributed by atoms with van der Waals surface area (Å²) < 4.78 is 0. The molecular weight excluding hydrogens is 216 g/mol. The van der Waals surface area contributed by atoms with Gasteiger partial charge in [0.25, 0.3) is 0 Å². The maximum Gasteiger partial charge on any atom is 0.0312 e. The van der Waals surface area contributed by atoms with Crippen molar-refractivity contribution in [3.8, 4) is 0 Å². The standard InChI is InChI=1S/C13H22N2S/c1-12(2)5-6-13(9-12,10-14)15-8-11-4-3-7-16-11/h3-4,7,15H,5-6,8-10,14H2,1-2H3. The van der Waals surface area contributed by atoms with Gasteiger partial charge in [0.05, 0.1) is 0 Å². The summed E-state index contributed by atoms with van der Waals surface area (Å²) in [5.74, 6) is 0. The van der Waals surface area contributed by atoms with Crippen LogP contribution >= 0.6 is 11.3 Å². The van der Waals surface area contributed by atoms with Gasteiger partial charge in [-0.25, -0.2) is 0 Å². The second-order valence-electron chi connectivity index (χ2n) is 5.76. The highest BCUT2D eigenvalue weighted by atomic mass is 32.1. The summed E-state index contributed by atoms with van der Waals surface area (Å²) in [4.78, 5) is 1.40. The lowest BCUT2D eigenvalue weighted by molar-refractivity contribution is 0.289. The van der Waals surface area contributed by atoms with Crippen molar-refractivity contribution in [3.05, 3.63) is 22.4 Å². The van der Waals surface area contributed by atoms with E-state index in [9.17, 15) is 0 Å². The second-order valence-corrected chi connectivity index (χ2v) is 6.79. The molecule has 1 heterocycles. The molecule has 0 radical (unpaired) electrons. The molecule has 0 amide bonds. The Morgan fingerprint density at radius 3 is 2.75 bits per heavy atom. The van der Waals surface area contributed by atoms with E-state index in [1.807, 2.05) is 11.3 Å². The van der Waals surface area contributed by atoms with E-state index in [-0.39, 0.29) is 5.54 Å². The maximum absolute atomic E-state index is 5.97. The molecule has 1 aliphatic rings. The molecule has 0 aromatic carbocycles. The minimum Gasteiger partial charge on any atom is -0.329 e. The van der Waals surface area contributed by atoms with Crippen LogP contribution in [0.1, 0.15) is 38.0 Å². The van der Waals surface area contributed by atoms with E-state index in [1.165, 1.54) is 24.1 Å². The molecule has 0 bridgehead atoms. The third-order valence-electron chi connectivity index (χ3n) is 3.71. The van der Waals surface area contributed by atoms with E-state index in [1.54, 1.807) is 0 Å². The van der Waals surface area contributed by atoms with Gasteiger partial charge in [0, 0.05) is 23.5 Å². The van der Waals surface area contributed by atoms with Crippen LogP contribution < -0.4 is 11.1 Å². The van der Waals surface area contributed by atoms with Crippen LogP contribution in [-0.4, -0.2) is 12.1 Å². The van der Waals surface area contributed by atoms with Crippen molar-refractivity contribution in [1.29, 1.82) is 0 Å². The van der Waals surface area contributed by atoms with Crippen molar-refractivity contribution in [1.82, 2.24) is 5.32 Å². The predicted octanol–water partition coefficient (Wildman–Crippen LogP) is 2.75. The van der Waals surface area contributed by atoms with E-state index in [4.69, 9.17) is 5.73 Å². The van der Waals surface area contributed by atoms with Crippen LogP contribution in [0.25, 0.3) is 0 Å².